The highest BCUT2D eigenvalue weighted by Gasteiger charge is 2.46. The maximum absolute atomic E-state index is 12.2. The van der Waals surface area contributed by atoms with E-state index in [-0.39, 0.29) is 37.0 Å². The van der Waals surface area contributed by atoms with Crippen LogP contribution >= 0.6 is 7.60 Å². The molecule has 0 aliphatic rings. The van der Waals surface area contributed by atoms with Gasteiger partial charge in [0, 0.05) is 0 Å². The zero-order valence-electron chi connectivity index (χ0n) is 11.8. The van der Waals surface area contributed by atoms with E-state index in [2.05, 4.69) is 0 Å². The zero-order chi connectivity index (χ0) is 14.6. The molecule has 0 aromatic rings. The van der Waals surface area contributed by atoms with Crippen molar-refractivity contribution in [3.8, 4) is 0 Å². The van der Waals surface area contributed by atoms with E-state index >= 15 is 0 Å². The Balaban J connectivity index is 5.23. The van der Waals surface area contributed by atoms with Gasteiger partial charge >= 0.3 is 13.6 Å². The molecule has 0 spiro atoms. The lowest BCUT2D eigenvalue weighted by Crippen LogP contribution is -2.43. The van der Waals surface area contributed by atoms with E-state index in [0.29, 0.717) is 0 Å². The summed E-state index contributed by atoms with van der Waals surface area (Å²) in [5.41, 5.74) is -0.836. The first-order valence-corrected chi connectivity index (χ1v) is 8.09. The number of carbonyl (C=O) groups excluding carboxylic acids is 1. The van der Waals surface area contributed by atoms with Crippen LogP contribution in [0.25, 0.3) is 0 Å². The highest BCUT2D eigenvalue weighted by atomic mass is 31.2. The number of hydrogen-bond acceptors (Lipinski definition) is 3. The van der Waals surface area contributed by atoms with E-state index in [1.165, 1.54) is 0 Å². The summed E-state index contributed by atoms with van der Waals surface area (Å²) in [6.45, 7) is 9.54. The van der Waals surface area contributed by atoms with Crippen LogP contribution in [0.4, 0.5) is 0 Å². The van der Waals surface area contributed by atoms with Crippen molar-refractivity contribution in [2.45, 2.75) is 41.0 Å². The van der Waals surface area contributed by atoms with E-state index < -0.39 is 13.0 Å². The van der Waals surface area contributed by atoms with Gasteiger partial charge in [0.1, 0.15) is 0 Å². The van der Waals surface area contributed by atoms with Crippen LogP contribution in [0.15, 0.2) is 0 Å². The Morgan fingerprint density at radius 2 is 1.67 bits per heavy atom. The summed E-state index contributed by atoms with van der Waals surface area (Å²) >= 11 is 0. The number of rotatable bonds is 7. The largest absolute Gasteiger partial charge is 0.466 e. The normalized spacial score (nSPS) is 13.2. The molecular weight excluding hydrogens is 255 g/mol. The molecule has 0 radical (unpaired) electrons. The van der Waals surface area contributed by atoms with Crippen molar-refractivity contribution in [3.05, 3.63) is 0 Å². The topological polar surface area (TPSA) is 83.8 Å². The average Bonchev–Trinajstić information content (AvgIpc) is 2.15. The average molecular weight is 280 g/mol. The lowest BCUT2D eigenvalue weighted by molar-refractivity contribution is -0.162. The second kappa shape index (κ2) is 6.69. The summed E-state index contributed by atoms with van der Waals surface area (Å²) in [4.78, 5) is 30.2. The maximum Gasteiger partial charge on any atom is 0.325 e. The third kappa shape index (κ3) is 4.38. The van der Waals surface area contributed by atoms with Crippen molar-refractivity contribution in [2.75, 3.05) is 12.8 Å². The molecule has 0 aliphatic carbocycles. The minimum Gasteiger partial charge on any atom is -0.466 e. The standard InChI is InChI=1S/C12H25O5P/c1-6-17-11(13)12(9(2)3,10(4)5)7-8-18(14,15)16/h9-10H,6-8H2,1-5H3,(H2,14,15,16). The Kier molecular flexibility index (Phi) is 6.55. The summed E-state index contributed by atoms with van der Waals surface area (Å²) < 4.78 is 16.1. The van der Waals surface area contributed by atoms with Crippen LogP contribution in [0.3, 0.4) is 0 Å². The smallest absolute Gasteiger partial charge is 0.325 e. The van der Waals surface area contributed by atoms with Gasteiger partial charge in [-0.1, -0.05) is 27.7 Å². The molecule has 0 aromatic carbocycles. The van der Waals surface area contributed by atoms with Gasteiger partial charge in [0.2, 0.25) is 0 Å². The maximum atomic E-state index is 12.2. The highest BCUT2D eigenvalue weighted by Crippen LogP contribution is 2.46. The molecule has 2 N–H and O–H groups in total. The fourth-order valence-electron chi connectivity index (χ4n) is 2.41. The number of hydrogen-bond donors (Lipinski definition) is 2. The van der Waals surface area contributed by atoms with E-state index in [0.717, 1.165) is 0 Å². The van der Waals surface area contributed by atoms with Gasteiger partial charge in [-0.15, -0.1) is 0 Å². The van der Waals surface area contributed by atoms with Gasteiger partial charge in [-0.25, -0.2) is 0 Å². The molecule has 0 unspecified atom stereocenters. The molecule has 108 valence electrons. The Labute approximate surface area is 109 Å². The fourth-order valence-corrected chi connectivity index (χ4v) is 3.07. The van der Waals surface area contributed by atoms with Crippen LogP contribution in [0.5, 0.6) is 0 Å². The van der Waals surface area contributed by atoms with Crippen molar-refractivity contribution < 1.29 is 23.9 Å². The van der Waals surface area contributed by atoms with Crippen LogP contribution in [0.2, 0.25) is 0 Å². The Morgan fingerprint density at radius 3 is 1.94 bits per heavy atom. The molecule has 0 aromatic heterocycles. The summed E-state index contributed by atoms with van der Waals surface area (Å²) in [5, 5.41) is 0. The second-order valence-electron chi connectivity index (χ2n) is 5.21. The summed E-state index contributed by atoms with van der Waals surface area (Å²) in [5.74, 6) is -0.436. The first-order valence-electron chi connectivity index (χ1n) is 6.29. The number of esters is 1. The molecule has 0 aliphatic heterocycles. The fraction of sp³-hybridized carbons (Fsp3) is 0.917. The summed E-state index contributed by atoms with van der Waals surface area (Å²) in [6, 6.07) is 0. The Hall–Kier alpha value is -0.380. The van der Waals surface area contributed by atoms with Crippen molar-refractivity contribution in [3.63, 3.8) is 0 Å². The van der Waals surface area contributed by atoms with E-state index in [9.17, 15) is 9.36 Å². The molecule has 0 saturated heterocycles. The van der Waals surface area contributed by atoms with Gasteiger partial charge in [-0.2, -0.15) is 0 Å². The molecule has 0 heterocycles. The van der Waals surface area contributed by atoms with Crippen LogP contribution in [-0.2, 0) is 14.1 Å². The van der Waals surface area contributed by atoms with Crippen LogP contribution in [0.1, 0.15) is 41.0 Å². The molecule has 0 atom stereocenters. The summed E-state index contributed by atoms with van der Waals surface area (Å²) in [7, 11) is -4.11. The van der Waals surface area contributed by atoms with Gasteiger partial charge in [0.25, 0.3) is 0 Å². The SMILES string of the molecule is CCOC(=O)C(CCP(=O)(O)O)(C(C)C)C(C)C. The third-order valence-corrected chi connectivity index (χ3v) is 4.34. The van der Waals surface area contributed by atoms with E-state index in [1.807, 2.05) is 27.7 Å². The molecular formula is C12H25O5P. The van der Waals surface area contributed by atoms with Gasteiger partial charge in [0.05, 0.1) is 18.2 Å². The Morgan fingerprint density at radius 1 is 1.22 bits per heavy atom. The van der Waals surface area contributed by atoms with E-state index in [1.54, 1.807) is 6.92 Å². The molecule has 5 nitrogen and oxygen atoms in total. The highest BCUT2D eigenvalue weighted by molar-refractivity contribution is 7.51. The summed E-state index contributed by atoms with van der Waals surface area (Å²) in [6.07, 6.45) is -0.145. The molecule has 18 heavy (non-hydrogen) atoms. The molecule has 0 saturated carbocycles. The molecule has 0 bridgehead atoms. The van der Waals surface area contributed by atoms with Crippen molar-refractivity contribution in [1.82, 2.24) is 0 Å². The minimum atomic E-state index is -4.11. The minimum absolute atomic E-state index is 0.0388. The quantitative estimate of drug-likeness (QED) is 0.552. The van der Waals surface area contributed by atoms with Gasteiger partial charge in [0.15, 0.2) is 0 Å². The van der Waals surface area contributed by atoms with Crippen LogP contribution in [-0.4, -0.2) is 28.5 Å². The lowest BCUT2D eigenvalue weighted by Gasteiger charge is -2.38. The molecule has 6 heteroatoms. The van der Waals surface area contributed by atoms with Crippen molar-refractivity contribution in [1.29, 1.82) is 0 Å². The van der Waals surface area contributed by atoms with Crippen molar-refractivity contribution in [2.24, 2.45) is 17.3 Å². The van der Waals surface area contributed by atoms with Crippen LogP contribution in [0, 0.1) is 17.3 Å². The van der Waals surface area contributed by atoms with Gasteiger partial charge in [-0.3, -0.25) is 9.36 Å². The monoisotopic (exact) mass is 280 g/mol. The molecule has 0 amide bonds. The van der Waals surface area contributed by atoms with Gasteiger partial charge in [-0.05, 0) is 25.2 Å². The lowest BCUT2D eigenvalue weighted by atomic mass is 9.67. The zero-order valence-corrected chi connectivity index (χ0v) is 12.7. The molecule has 0 rings (SSSR count). The van der Waals surface area contributed by atoms with Crippen LogP contribution < -0.4 is 0 Å². The second-order valence-corrected chi connectivity index (χ2v) is 6.99. The predicted octanol–water partition coefficient (Wildman–Crippen LogP) is 2.42. The number of ether oxygens (including phenoxy) is 1. The molecule has 0 fully saturated rings. The van der Waals surface area contributed by atoms with Crippen molar-refractivity contribution >= 4 is 13.6 Å². The number of carbonyl (C=O) groups is 1. The van der Waals surface area contributed by atoms with Gasteiger partial charge < -0.3 is 14.5 Å². The Bertz CT molecular complexity index is 310. The third-order valence-electron chi connectivity index (χ3n) is 3.53. The predicted molar refractivity (Wildman–Crippen MR) is 70.3 cm³/mol. The first kappa shape index (κ1) is 17.6. The first-order chi connectivity index (χ1) is 8.08. The van der Waals surface area contributed by atoms with E-state index in [4.69, 9.17) is 14.5 Å².